The molecule has 1 N–H and O–H groups in total. The van der Waals surface area contributed by atoms with Crippen LogP contribution in [0.4, 0.5) is 0 Å². The van der Waals surface area contributed by atoms with Crippen LogP contribution in [0.2, 0.25) is 0 Å². The van der Waals surface area contributed by atoms with E-state index in [1.165, 1.54) is 19.3 Å². The summed E-state index contributed by atoms with van der Waals surface area (Å²) in [7, 11) is 0. The predicted molar refractivity (Wildman–Crippen MR) is 62.1 cm³/mol. The Labute approximate surface area is 97.4 Å². The Hall–Kier alpha value is -0.380. The van der Waals surface area contributed by atoms with Gasteiger partial charge in [-0.05, 0) is 50.5 Å². The number of ether oxygens (including phenoxy) is 2. The van der Waals surface area contributed by atoms with Crippen LogP contribution in [0.1, 0.15) is 44.9 Å². The fourth-order valence-corrected chi connectivity index (χ4v) is 2.31. The average molecular weight is 226 g/mol. The van der Waals surface area contributed by atoms with Crippen molar-refractivity contribution in [2.24, 2.45) is 0 Å². The van der Waals surface area contributed by atoms with Crippen LogP contribution in [0.25, 0.3) is 0 Å². The highest BCUT2D eigenvalue weighted by molar-refractivity contribution is 5.10. The summed E-state index contributed by atoms with van der Waals surface area (Å²) in [6.45, 7) is 1.18. The third-order valence-electron chi connectivity index (χ3n) is 3.33. The molecule has 3 nitrogen and oxygen atoms in total. The first-order valence-electron chi connectivity index (χ1n) is 6.46. The third-order valence-corrected chi connectivity index (χ3v) is 3.33. The van der Waals surface area contributed by atoms with E-state index in [2.05, 4.69) is 6.08 Å². The van der Waals surface area contributed by atoms with Crippen molar-refractivity contribution in [1.82, 2.24) is 0 Å². The van der Waals surface area contributed by atoms with E-state index in [0.29, 0.717) is 6.61 Å². The summed E-state index contributed by atoms with van der Waals surface area (Å²) in [4.78, 5) is 0. The Morgan fingerprint density at radius 3 is 3.00 bits per heavy atom. The molecular formula is C13H22O3. The molecule has 16 heavy (non-hydrogen) atoms. The number of allylic oxidation sites excluding steroid dienone is 1. The lowest BCUT2D eigenvalue weighted by molar-refractivity contribution is -0.172. The normalized spacial score (nSPS) is 28.6. The fourth-order valence-electron chi connectivity index (χ4n) is 2.31. The number of hydrogen-bond donors (Lipinski definition) is 1. The highest BCUT2D eigenvalue weighted by atomic mass is 16.7. The summed E-state index contributed by atoms with van der Waals surface area (Å²) < 4.78 is 11.0. The zero-order chi connectivity index (χ0) is 11.2. The van der Waals surface area contributed by atoms with Crippen LogP contribution in [-0.4, -0.2) is 30.7 Å². The van der Waals surface area contributed by atoms with E-state index in [1.54, 1.807) is 0 Å². The summed E-state index contributed by atoms with van der Waals surface area (Å²) in [5.74, 6) is 0. The largest absolute Gasteiger partial charge is 0.386 e. The average Bonchev–Trinajstić information content (AvgIpc) is 2.38. The molecular weight excluding hydrogens is 204 g/mol. The molecule has 0 bridgehead atoms. The van der Waals surface area contributed by atoms with Crippen molar-refractivity contribution >= 4 is 0 Å². The monoisotopic (exact) mass is 226 g/mol. The van der Waals surface area contributed by atoms with Gasteiger partial charge in [-0.1, -0.05) is 6.08 Å². The standard InChI is InChI=1S/C13H22O3/c14-12(11-6-2-1-3-7-11)10-16-13-8-4-5-9-15-13/h6,12-14H,1-5,7-10H2. The van der Waals surface area contributed by atoms with E-state index >= 15 is 0 Å². The first-order valence-corrected chi connectivity index (χ1v) is 6.46. The Kier molecular flexibility index (Phi) is 4.82. The summed E-state index contributed by atoms with van der Waals surface area (Å²) in [6.07, 6.45) is 9.49. The highest BCUT2D eigenvalue weighted by Gasteiger charge is 2.18. The molecule has 0 radical (unpaired) electrons. The van der Waals surface area contributed by atoms with Crippen LogP contribution in [0.15, 0.2) is 11.6 Å². The van der Waals surface area contributed by atoms with Gasteiger partial charge in [0.25, 0.3) is 0 Å². The highest BCUT2D eigenvalue weighted by Crippen LogP contribution is 2.21. The zero-order valence-electron chi connectivity index (χ0n) is 9.86. The molecule has 1 aliphatic heterocycles. The SMILES string of the molecule is OC(COC1CCCCO1)C1=CCCCC1. The molecule has 2 unspecified atom stereocenters. The molecule has 0 aromatic rings. The van der Waals surface area contributed by atoms with Gasteiger partial charge in [-0.25, -0.2) is 0 Å². The van der Waals surface area contributed by atoms with Crippen molar-refractivity contribution < 1.29 is 14.6 Å². The minimum Gasteiger partial charge on any atom is -0.386 e. The van der Waals surface area contributed by atoms with Crippen molar-refractivity contribution in [1.29, 1.82) is 0 Å². The van der Waals surface area contributed by atoms with E-state index in [9.17, 15) is 5.11 Å². The lowest BCUT2D eigenvalue weighted by Crippen LogP contribution is -2.28. The first kappa shape index (κ1) is 12.1. The molecule has 0 aromatic heterocycles. The molecule has 1 fully saturated rings. The maximum Gasteiger partial charge on any atom is 0.157 e. The van der Waals surface area contributed by atoms with Crippen molar-refractivity contribution in [3.63, 3.8) is 0 Å². The van der Waals surface area contributed by atoms with Crippen molar-refractivity contribution in [3.05, 3.63) is 11.6 Å². The minimum atomic E-state index is -0.425. The predicted octanol–water partition coefficient (Wildman–Crippen LogP) is 2.39. The van der Waals surface area contributed by atoms with E-state index in [1.807, 2.05) is 0 Å². The van der Waals surface area contributed by atoms with E-state index in [-0.39, 0.29) is 6.29 Å². The Bertz CT molecular complexity index is 231. The van der Waals surface area contributed by atoms with Gasteiger partial charge in [-0.3, -0.25) is 0 Å². The van der Waals surface area contributed by atoms with Crippen LogP contribution in [0, 0.1) is 0 Å². The van der Waals surface area contributed by atoms with Crippen LogP contribution in [0.5, 0.6) is 0 Å². The van der Waals surface area contributed by atoms with Gasteiger partial charge < -0.3 is 14.6 Å². The molecule has 0 aromatic carbocycles. The second kappa shape index (κ2) is 6.38. The molecule has 92 valence electrons. The molecule has 1 heterocycles. The maximum atomic E-state index is 9.96. The minimum absolute atomic E-state index is 0.0902. The van der Waals surface area contributed by atoms with Crippen molar-refractivity contribution in [3.8, 4) is 0 Å². The molecule has 1 aliphatic carbocycles. The van der Waals surface area contributed by atoms with Crippen LogP contribution in [0.3, 0.4) is 0 Å². The molecule has 2 rings (SSSR count). The zero-order valence-corrected chi connectivity index (χ0v) is 9.86. The Balaban J connectivity index is 1.69. The van der Waals surface area contributed by atoms with E-state index in [4.69, 9.17) is 9.47 Å². The van der Waals surface area contributed by atoms with Gasteiger partial charge in [0.05, 0.1) is 12.7 Å². The lowest BCUT2D eigenvalue weighted by atomic mass is 9.96. The molecule has 2 aliphatic rings. The van der Waals surface area contributed by atoms with Gasteiger partial charge in [0.15, 0.2) is 6.29 Å². The van der Waals surface area contributed by atoms with Crippen molar-refractivity contribution in [2.75, 3.05) is 13.2 Å². The second-order valence-electron chi connectivity index (χ2n) is 4.67. The molecule has 3 heteroatoms. The van der Waals surface area contributed by atoms with Crippen molar-refractivity contribution in [2.45, 2.75) is 57.3 Å². The number of rotatable bonds is 4. The maximum absolute atomic E-state index is 9.96. The van der Waals surface area contributed by atoms with Gasteiger partial charge >= 0.3 is 0 Å². The van der Waals surface area contributed by atoms with Gasteiger partial charge in [-0.2, -0.15) is 0 Å². The summed E-state index contributed by atoms with van der Waals surface area (Å²) >= 11 is 0. The van der Waals surface area contributed by atoms with Crippen LogP contribution in [-0.2, 0) is 9.47 Å². The van der Waals surface area contributed by atoms with Crippen LogP contribution < -0.4 is 0 Å². The van der Waals surface area contributed by atoms with E-state index in [0.717, 1.165) is 37.9 Å². The molecule has 1 saturated heterocycles. The number of hydrogen-bond acceptors (Lipinski definition) is 3. The van der Waals surface area contributed by atoms with Gasteiger partial charge in [0.1, 0.15) is 0 Å². The van der Waals surface area contributed by atoms with E-state index < -0.39 is 6.10 Å². The Morgan fingerprint density at radius 1 is 1.38 bits per heavy atom. The third kappa shape index (κ3) is 3.58. The smallest absolute Gasteiger partial charge is 0.157 e. The summed E-state index contributed by atoms with van der Waals surface area (Å²) in [5, 5.41) is 9.96. The number of aliphatic hydroxyl groups excluding tert-OH is 1. The molecule has 0 amide bonds. The fraction of sp³-hybridized carbons (Fsp3) is 0.846. The molecule has 2 atom stereocenters. The first-order chi connectivity index (χ1) is 7.86. The topological polar surface area (TPSA) is 38.7 Å². The summed E-state index contributed by atoms with van der Waals surface area (Å²) in [6, 6.07) is 0. The second-order valence-corrected chi connectivity index (χ2v) is 4.67. The van der Waals surface area contributed by atoms with Crippen LogP contribution >= 0.6 is 0 Å². The molecule has 0 saturated carbocycles. The van der Waals surface area contributed by atoms with Gasteiger partial charge in [-0.15, -0.1) is 0 Å². The van der Waals surface area contributed by atoms with Gasteiger partial charge in [0, 0.05) is 6.61 Å². The van der Waals surface area contributed by atoms with Gasteiger partial charge in [0.2, 0.25) is 0 Å². The quantitative estimate of drug-likeness (QED) is 0.748. The molecule has 0 spiro atoms. The Morgan fingerprint density at radius 2 is 2.31 bits per heavy atom. The summed E-state index contributed by atoms with van der Waals surface area (Å²) in [5.41, 5.74) is 1.15. The number of aliphatic hydroxyl groups is 1. The lowest BCUT2D eigenvalue weighted by Gasteiger charge is -2.25.